The van der Waals surface area contributed by atoms with Gasteiger partial charge in [0.25, 0.3) is 5.91 Å². The van der Waals surface area contributed by atoms with Crippen LogP contribution in [0.25, 0.3) is 11.1 Å². The molecule has 0 bridgehead atoms. The van der Waals surface area contributed by atoms with Crippen LogP contribution in [0.4, 0.5) is 0 Å². The van der Waals surface area contributed by atoms with Crippen molar-refractivity contribution in [2.24, 2.45) is 0 Å². The quantitative estimate of drug-likeness (QED) is 0.717. The summed E-state index contributed by atoms with van der Waals surface area (Å²) in [7, 11) is 1.56. The molecule has 0 radical (unpaired) electrons. The standard InChI is InChI=1S/C20H18N4O2/c1-26-19-9-15(7-8-18(19)17-12-23-24-13-17)20(25)22-11-16(10-21)14-5-3-2-4-6-14/h2-9,12-13,16H,11H2,1H3,(H,22,25)(H,23,24). The van der Waals surface area contributed by atoms with E-state index in [1.165, 1.54) is 0 Å². The number of ether oxygens (including phenoxy) is 1. The first-order valence-corrected chi connectivity index (χ1v) is 8.13. The number of aromatic amines is 1. The number of nitriles is 1. The molecule has 1 heterocycles. The molecule has 0 aliphatic carbocycles. The highest BCUT2D eigenvalue weighted by molar-refractivity contribution is 5.95. The fraction of sp³-hybridized carbons (Fsp3) is 0.150. The maximum atomic E-state index is 12.5. The molecule has 2 aromatic carbocycles. The monoisotopic (exact) mass is 346 g/mol. The maximum Gasteiger partial charge on any atom is 0.251 e. The van der Waals surface area contributed by atoms with Crippen molar-refractivity contribution in [1.82, 2.24) is 15.5 Å². The minimum absolute atomic E-state index is 0.241. The van der Waals surface area contributed by atoms with Gasteiger partial charge in [-0.2, -0.15) is 10.4 Å². The first-order valence-electron chi connectivity index (χ1n) is 8.13. The Kier molecular flexibility index (Phi) is 5.30. The number of H-pyrrole nitrogens is 1. The van der Waals surface area contributed by atoms with Gasteiger partial charge in [-0.05, 0) is 23.8 Å². The van der Waals surface area contributed by atoms with Crippen LogP contribution in [0.2, 0.25) is 0 Å². The average Bonchev–Trinajstić information content (AvgIpc) is 3.23. The summed E-state index contributed by atoms with van der Waals surface area (Å²) >= 11 is 0. The normalized spacial score (nSPS) is 11.4. The van der Waals surface area contributed by atoms with Crippen molar-refractivity contribution in [3.8, 4) is 22.9 Å². The molecule has 0 fully saturated rings. The summed E-state index contributed by atoms with van der Waals surface area (Å²) in [5.74, 6) is -0.0654. The number of methoxy groups -OCH3 is 1. The molecule has 1 amide bonds. The molecule has 1 atom stereocenters. The lowest BCUT2D eigenvalue weighted by Crippen LogP contribution is -2.28. The van der Waals surface area contributed by atoms with Crippen LogP contribution in [0, 0.1) is 11.3 Å². The van der Waals surface area contributed by atoms with E-state index in [2.05, 4.69) is 21.6 Å². The van der Waals surface area contributed by atoms with Crippen molar-refractivity contribution in [3.05, 3.63) is 72.1 Å². The summed E-state index contributed by atoms with van der Waals surface area (Å²) in [4.78, 5) is 12.5. The largest absolute Gasteiger partial charge is 0.496 e. The van der Waals surface area contributed by atoms with Crippen LogP contribution < -0.4 is 10.1 Å². The Morgan fingerprint density at radius 2 is 2.12 bits per heavy atom. The molecule has 0 saturated carbocycles. The lowest BCUT2D eigenvalue weighted by molar-refractivity contribution is 0.0952. The Balaban J connectivity index is 1.73. The van der Waals surface area contributed by atoms with E-state index in [0.717, 1.165) is 16.7 Å². The van der Waals surface area contributed by atoms with E-state index in [-0.39, 0.29) is 12.5 Å². The number of aromatic nitrogens is 2. The third kappa shape index (κ3) is 3.73. The van der Waals surface area contributed by atoms with E-state index < -0.39 is 5.92 Å². The number of nitrogens with zero attached hydrogens (tertiary/aromatic N) is 2. The highest BCUT2D eigenvalue weighted by atomic mass is 16.5. The highest BCUT2D eigenvalue weighted by Gasteiger charge is 2.15. The van der Waals surface area contributed by atoms with E-state index >= 15 is 0 Å². The molecule has 130 valence electrons. The average molecular weight is 346 g/mol. The molecule has 6 nitrogen and oxygen atoms in total. The number of hydrogen-bond acceptors (Lipinski definition) is 4. The van der Waals surface area contributed by atoms with Crippen LogP contribution in [-0.4, -0.2) is 29.8 Å². The summed E-state index contributed by atoms with van der Waals surface area (Å²) in [6.45, 7) is 0.241. The van der Waals surface area contributed by atoms with Gasteiger partial charge in [-0.15, -0.1) is 0 Å². The van der Waals surface area contributed by atoms with Crippen LogP contribution in [0.15, 0.2) is 60.9 Å². The smallest absolute Gasteiger partial charge is 0.251 e. The van der Waals surface area contributed by atoms with Crippen LogP contribution in [-0.2, 0) is 0 Å². The topological polar surface area (TPSA) is 90.8 Å². The van der Waals surface area contributed by atoms with Gasteiger partial charge in [0.15, 0.2) is 0 Å². The molecule has 26 heavy (non-hydrogen) atoms. The predicted octanol–water partition coefficient (Wildman–Crippen LogP) is 3.12. The van der Waals surface area contributed by atoms with Crippen molar-refractivity contribution >= 4 is 5.91 Å². The molecule has 1 unspecified atom stereocenters. The number of benzene rings is 2. The Labute approximate surface area is 151 Å². The van der Waals surface area contributed by atoms with Crippen LogP contribution in [0.5, 0.6) is 5.75 Å². The second kappa shape index (κ2) is 7.99. The number of carbonyl (C=O) groups excluding carboxylic acids is 1. The summed E-state index contributed by atoms with van der Waals surface area (Å²) in [5.41, 5.74) is 3.07. The van der Waals surface area contributed by atoms with Gasteiger partial charge in [-0.1, -0.05) is 30.3 Å². The zero-order valence-electron chi connectivity index (χ0n) is 14.3. The van der Waals surface area contributed by atoms with Crippen molar-refractivity contribution < 1.29 is 9.53 Å². The van der Waals surface area contributed by atoms with Crippen molar-refractivity contribution in [2.45, 2.75) is 5.92 Å². The number of carbonyl (C=O) groups is 1. The minimum atomic E-state index is -0.396. The van der Waals surface area contributed by atoms with Gasteiger partial charge in [0.2, 0.25) is 0 Å². The predicted molar refractivity (Wildman–Crippen MR) is 97.7 cm³/mol. The Morgan fingerprint density at radius 1 is 1.31 bits per heavy atom. The van der Waals surface area contributed by atoms with Gasteiger partial charge in [-0.3, -0.25) is 9.89 Å². The second-order valence-corrected chi connectivity index (χ2v) is 5.70. The van der Waals surface area contributed by atoms with Crippen molar-refractivity contribution in [1.29, 1.82) is 5.26 Å². The summed E-state index contributed by atoms with van der Waals surface area (Å²) < 4.78 is 5.40. The summed E-state index contributed by atoms with van der Waals surface area (Å²) in [6, 6.07) is 16.9. The van der Waals surface area contributed by atoms with E-state index in [1.54, 1.807) is 31.6 Å². The van der Waals surface area contributed by atoms with Crippen LogP contribution in [0.1, 0.15) is 21.8 Å². The third-order valence-corrected chi connectivity index (χ3v) is 4.10. The second-order valence-electron chi connectivity index (χ2n) is 5.70. The van der Waals surface area contributed by atoms with Crippen LogP contribution >= 0.6 is 0 Å². The first kappa shape index (κ1) is 17.2. The van der Waals surface area contributed by atoms with E-state index in [1.807, 2.05) is 36.4 Å². The van der Waals surface area contributed by atoms with Crippen LogP contribution in [0.3, 0.4) is 0 Å². The maximum absolute atomic E-state index is 12.5. The van der Waals surface area contributed by atoms with Crippen molar-refractivity contribution in [3.63, 3.8) is 0 Å². The SMILES string of the molecule is COc1cc(C(=O)NCC(C#N)c2ccccc2)ccc1-c1cn[nH]c1. The molecular formula is C20H18N4O2. The van der Waals surface area contributed by atoms with Gasteiger partial charge < -0.3 is 10.1 Å². The van der Waals surface area contributed by atoms with Gasteiger partial charge >= 0.3 is 0 Å². The zero-order valence-corrected chi connectivity index (χ0v) is 14.3. The molecule has 0 saturated heterocycles. The fourth-order valence-corrected chi connectivity index (χ4v) is 2.69. The molecule has 0 spiro atoms. The summed E-state index contributed by atoms with van der Waals surface area (Å²) in [6.07, 6.45) is 3.45. The molecule has 0 aliphatic heterocycles. The minimum Gasteiger partial charge on any atom is -0.496 e. The zero-order chi connectivity index (χ0) is 18.4. The molecule has 3 aromatic rings. The number of hydrogen-bond donors (Lipinski definition) is 2. The van der Waals surface area contributed by atoms with Gasteiger partial charge in [0, 0.05) is 29.4 Å². The first-order chi connectivity index (χ1) is 12.7. The molecular weight excluding hydrogens is 328 g/mol. The van der Waals surface area contributed by atoms with E-state index in [4.69, 9.17) is 4.74 Å². The Hall–Kier alpha value is -3.59. The van der Waals surface area contributed by atoms with Gasteiger partial charge in [-0.25, -0.2) is 0 Å². The van der Waals surface area contributed by atoms with Crippen molar-refractivity contribution in [2.75, 3.05) is 13.7 Å². The Bertz CT molecular complexity index is 915. The molecule has 1 aromatic heterocycles. The molecule has 6 heteroatoms. The third-order valence-electron chi connectivity index (χ3n) is 4.10. The molecule has 0 aliphatic rings. The van der Waals surface area contributed by atoms with E-state index in [9.17, 15) is 10.1 Å². The number of nitrogens with one attached hydrogen (secondary N) is 2. The van der Waals surface area contributed by atoms with Gasteiger partial charge in [0.05, 0.1) is 25.3 Å². The molecule has 2 N–H and O–H groups in total. The van der Waals surface area contributed by atoms with E-state index in [0.29, 0.717) is 11.3 Å². The summed E-state index contributed by atoms with van der Waals surface area (Å²) in [5, 5.41) is 18.9. The fourth-order valence-electron chi connectivity index (χ4n) is 2.69. The Morgan fingerprint density at radius 3 is 2.77 bits per heavy atom. The highest BCUT2D eigenvalue weighted by Crippen LogP contribution is 2.30. The number of amides is 1. The van der Waals surface area contributed by atoms with Gasteiger partial charge in [0.1, 0.15) is 5.75 Å². The molecule has 3 rings (SSSR count). The lowest BCUT2D eigenvalue weighted by atomic mass is 10.0. The lowest BCUT2D eigenvalue weighted by Gasteiger charge is -2.12. The number of rotatable bonds is 6.